The molecule has 0 fully saturated rings. The van der Waals surface area contributed by atoms with Crippen LogP contribution in [-0.4, -0.2) is 50.2 Å². The van der Waals surface area contributed by atoms with Gasteiger partial charge in [-0.2, -0.15) is 0 Å². The van der Waals surface area contributed by atoms with Crippen molar-refractivity contribution in [1.82, 2.24) is 5.32 Å². The second-order valence-corrected chi connectivity index (χ2v) is 6.84. The zero-order chi connectivity index (χ0) is 22.1. The zero-order valence-corrected chi connectivity index (χ0v) is 17.3. The molecular weight excluding hydrogens is 388 g/mol. The van der Waals surface area contributed by atoms with Gasteiger partial charge in [0, 0.05) is 32.3 Å². The number of amides is 1. The monoisotopic (exact) mass is 414 g/mol. The number of carboxylic acid groups (broad SMARTS) is 1. The van der Waals surface area contributed by atoms with Gasteiger partial charge in [0.05, 0.1) is 12.7 Å². The van der Waals surface area contributed by atoms with Crippen LogP contribution in [0.3, 0.4) is 0 Å². The summed E-state index contributed by atoms with van der Waals surface area (Å²) in [6, 6.07) is 12.9. The Morgan fingerprint density at radius 1 is 1.10 bits per heavy atom. The van der Waals surface area contributed by atoms with Gasteiger partial charge in [-0.05, 0) is 24.1 Å². The van der Waals surface area contributed by atoms with E-state index >= 15 is 0 Å². The first-order valence-corrected chi connectivity index (χ1v) is 9.40. The van der Waals surface area contributed by atoms with Crippen LogP contribution in [0, 0.1) is 0 Å². The molecule has 0 aliphatic carbocycles. The molecule has 2 aromatic rings. The summed E-state index contributed by atoms with van der Waals surface area (Å²) in [6.07, 6.45) is -1.01. The van der Waals surface area contributed by atoms with E-state index in [1.54, 1.807) is 30.3 Å². The van der Waals surface area contributed by atoms with Crippen molar-refractivity contribution in [3.8, 4) is 5.75 Å². The predicted molar refractivity (Wildman–Crippen MR) is 112 cm³/mol. The number of carboxylic acids is 1. The van der Waals surface area contributed by atoms with Crippen molar-refractivity contribution in [2.45, 2.75) is 25.5 Å². The third kappa shape index (κ3) is 6.51. The number of ketones is 1. The van der Waals surface area contributed by atoms with Crippen molar-refractivity contribution in [3.63, 3.8) is 0 Å². The molecule has 0 aliphatic rings. The molecule has 0 saturated carbocycles. The number of nitrogens with one attached hydrogen (secondary N) is 1. The number of Topliss-reactive ketones (excluding diaryl/α,β-unsaturated/α-hetero) is 1. The molecule has 0 bridgehead atoms. The van der Waals surface area contributed by atoms with E-state index in [0.29, 0.717) is 11.3 Å². The third-order valence-corrected chi connectivity index (χ3v) is 4.46. The van der Waals surface area contributed by atoms with Gasteiger partial charge in [0.1, 0.15) is 18.4 Å². The molecule has 2 rings (SSSR count). The minimum Gasteiger partial charge on any atom is -0.496 e. The molecule has 1 atom stereocenters. The first-order chi connectivity index (χ1) is 14.3. The Balaban J connectivity index is 1.94. The van der Waals surface area contributed by atoms with Crippen LogP contribution in [0.4, 0.5) is 10.5 Å². The number of hydrogen-bond acceptors (Lipinski definition) is 6. The summed E-state index contributed by atoms with van der Waals surface area (Å²) in [5.41, 5.74) is 2.01. The number of nitrogens with zero attached hydrogens (tertiary/aromatic N) is 1. The van der Waals surface area contributed by atoms with Crippen LogP contribution in [0.5, 0.6) is 5.75 Å². The Hall–Kier alpha value is -3.55. The molecule has 0 saturated heterocycles. The molecule has 8 heteroatoms. The maximum Gasteiger partial charge on any atom is 0.408 e. The van der Waals surface area contributed by atoms with E-state index < -0.39 is 18.1 Å². The molecule has 30 heavy (non-hydrogen) atoms. The summed E-state index contributed by atoms with van der Waals surface area (Å²) < 4.78 is 10.3. The average Bonchev–Trinajstić information content (AvgIpc) is 2.74. The molecule has 2 aromatic carbocycles. The van der Waals surface area contributed by atoms with Crippen LogP contribution in [0.2, 0.25) is 0 Å². The second kappa shape index (κ2) is 10.8. The Kier molecular flexibility index (Phi) is 8.22. The summed E-state index contributed by atoms with van der Waals surface area (Å²) in [5.74, 6) is -1.11. The number of carbonyl (C=O) groups is 3. The van der Waals surface area contributed by atoms with Crippen molar-refractivity contribution < 1.29 is 29.0 Å². The highest BCUT2D eigenvalue weighted by molar-refractivity contribution is 5.99. The first kappa shape index (κ1) is 22.7. The number of ether oxygens (including phenoxy) is 2. The lowest BCUT2D eigenvalue weighted by Gasteiger charge is -2.17. The van der Waals surface area contributed by atoms with E-state index in [1.165, 1.54) is 7.11 Å². The van der Waals surface area contributed by atoms with Gasteiger partial charge in [0.15, 0.2) is 5.78 Å². The number of methoxy groups -OCH3 is 1. The van der Waals surface area contributed by atoms with Crippen LogP contribution in [0.25, 0.3) is 0 Å². The zero-order valence-electron chi connectivity index (χ0n) is 17.3. The van der Waals surface area contributed by atoms with E-state index in [0.717, 1.165) is 11.3 Å². The Morgan fingerprint density at radius 2 is 1.80 bits per heavy atom. The number of alkyl carbamates (subject to hydrolysis) is 1. The summed E-state index contributed by atoms with van der Waals surface area (Å²) in [5, 5.41) is 11.7. The Labute approximate surface area is 175 Å². The molecule has 160 valence electrons. The minimum atomic E-state index is -1.25. The number of anilines is 1. The number of hydrogen-bond donors (Lipinski definition) is 2. The number of benzene rings is 2. The van der Waals surface area contributed by atoms with E-state index in [4.69, 9.17) is 9.47 Å². The number of carbonyl (C=O) groups excluding carboxylic acids is 2. The molecule has 2 N–H and O–H groups in total. The highest BCUT2D eigenvalue weighted by Crippen LogP contribution is 2.26. The van der Waals surface area contributed by atoms with Crippen LogP contribution in [0.15, 0.2) is 48.5 Å². The van der Waals surface area contributed by atoms with E-state index in [-0.39, 0.29) is 25.2 Å². The smallest absolute Gasteiger partial charge is 0.408 e. The Bertz CT molecular complexity index is 882. The summed E-state index contributed by atoms with van der Waals surface area (Å²) in [4.78, 5) is 37.9. The van der Waals surface area contributed by atoms with Crippen molar-refractivity contribution in [1.29, 1.82) is 0 Å². The highest BCUT2D eigenvalue weighted by Gasteiger charge is 2.23. The summed E-state index contributed by atoms with van der Waals surface area (Å²) in [6.45, 7) is 0.0212. The first-order valence-electron chi connectivity index (χ1n) is 9.40. The standard InChI is InChI=1S/C22H26N2O6/c1-24(2)16-9-10-17(20(13-16)29-3)19(25)12-11-18(21(26)27)23-22(28)30-14-15-7-5-4-6-8-15/h4-10,13,18H,11-12,14H2,1-3H3,(H,23,28)(H,26,27). The molecule has 0 heterocycles. The van der Waals surface area contributed by atoms with Gasteiger partial charge in [-0.15, -0.1) is 0 Å². The number of rotatable bonds is 10. The van der Waals surface area contributed by atoms with E-state index in [1.807, 2.05) is 37.2 Å². The lowest BCUT2D eigenvalue weighted by Crippen LogP contribution is -2.41. The van der Waals surface area contributed by atoms with Crippen molar-refractivity contribution in [2.24, 2.45) is 0 Å². The van der Waals surface area contributed by atoms with Crippen LogP contribution in [-0.2, 0) is 16.1 Å². The quantitative estimate of drug-likeness (QED) is 0.576. The van der Waals surface area contributed by atoms with E-state index in [2.05, 4.69) is 5.32 Å². The van der Waals surface area contributed by atoms with Crippen LogP contribution in [0.1, 0.15) is 28.8 Å². The fourth-order valence-corrected chi connectivity index (χ4v) is 2.76. The van der Waals surface area contributed by atoms with Crippen LogP contribution >= 0.6 is 0 Å². The van der Waals surface area contributed by atoms with Gasteiger partial charge in [-0.25, -0.2) is 9.59 Å². The van der Waals surface area contributed by atoms with Gasteiger partial charge in [0.2, 0.25) is 0 Å². The van der Waals surface area contributed by atoms with Gasteiger partial charge in [-0.3, -0.25) is 4.79 Å². The fourth-order valence-electron chi connectivity index (χ4n) is 2.76. The lowest BCUT2D eigenvalue weighted by molar-refractivity contribution is -0.139. The largest absolute Gasteiger partial charge is 0.496 e. The van der Waals surface area contributed by atoms with Crippen molar-refractivity contribution in [3.05, 3.63) is 59.7 Å². The lowest BCUT2D eigenvalue weighted by atomic mass is 10.0. The average molecular weight is 414 g/mol. The maximum atomic E-state index is 12.6. The Morgan fingerprint density at radius 3 is 2.40 bits per heavy atom. The molecule has 0 aromatic heterocycles. The normalized spacial score (nSPS) is 11.3. The molecule has 0 aliphatic heterocycles. The number of aliphatic carboxylic acids is 1. The van der Waals surface area contributed by atoms with Gasteiger partial charge in [0.25, 0.3) is 0 Å². The summed E-state index contributed by atoms with van der Waals surface area (Å²) in [7, 11) is 5.21. The molecule has 1 amide bonds. The SMILES string of the molecule is COc1cc(N(C)C)ccc1C(=O)CCC(NC(=O)OCc1ccccc1)C(=O)O. The minimum absolute atomic E-state index is 0.0212. The van der Waals surface area contributed by atoms with Crippen LogP contribution < -0.4 is 15.0 Å². The van der Waals surface area contributed by atoms with Gasteiger partial charge < -0.3 is 24.8 Å². The fraction of sp³-hybridized carbons (Fsp3) is 0.318. The molecule has 8 nitrogen and oxygen atoms in total. The van der Waals surface area contributed by atoms with Gasteiger partial charge >= 0.3 is 12.1 Å². The van der Waals surface area contributed by atoms with E-state index in [9.17, 15) is 19.5 Å². The topological polar surface area (TPSA) is 105 Å². The molecule has 0 radical (unpaired) electrons. The molecule has 1 unspecified atom stereocenters. The maximum absolute atomic E-state index is 12.6. The predicted octanol–water partition coefficient (Wildman–Crippen LogP) is 3.10. The van der Waals surface area contributed by atoms with Crippen molar-refractivity contribution >= 4 is 23.5 Å². The van der Waals surface area contributed by atoms with Crippen molar-refractivity contribution in [2.75, 3.05) is 26.1 Å². The summed E-state index contributed by atoms with van der Waals surface area (Å²) >= 11 is 0. The molecule has 0 spiro atoms. The molecular formula is C22H26N2O6. The second-order valence-electron chi connectivity index (χ2n) is 6.84. The highest BCUT2D eigenvalue weighted by atomic mass is 16.5. The van der Waals surface area contributed by atoms with Gasteiger partial charge in [-0.1, -0.05) is 30.3 Å². The third-order valence-electron chi connectivity index (χ3n) is 4.46.